The summed E-state index contributed by atoms with van der Waals surface area (Å²) in [6.45, 7) is -0.551. The number of nitrogens with one attached hydrogen (secondary N) is 1. The van der Waals surface area contributed by atoms with Gasteiger partial charge >= 0.3 is 5.97 Å². The predicted molar refractivity (Wildman–Crippen MR) is 88.8 cm³/mol. The Balaban J connectivity index is 1.58. The second kappa shape index (κ2) is 7.01. The molecule has 0 bridgehead atoms. The van der Waals surface area contributed by atoms with Crippen molar-refractivity contribution < 1.29 is 19.1 Å². The lowest BCUT2D eigenvalue weighted by Crippen LogP contribution is -2.33. The third-order valence-electron chi connectivity index (χ3n) is 3.14. The predicted octanol–water partition coefficient (Wildman–Crippen LogP) is 2.41. The fourth-order valence-electron chi connectivity index (χ4n) is 2.02. The van der Waals surface area contributed by atoms with Crippen LogP contribution in [0.3, 0.4) is 0 Å². The summed E-state index contributed by atoms with van der Waals surface area (Å²) in [7, 11) is 0. The van der Waals surface area contributed by atoms with E-state index in [9.17, 15) is 14.4 Å². The van der Waals surface area contributed by atoms with Crippen LogP contribution in [0.1, 0.15) is 20.2 Å². The molecule has 0 aliphatic carbocycles. The van der Waals surface area contributed by atoms with Crippen LogP contribution in [-0.2, 0) is 9.53 Å². The number of pyridine rings is 1. The Morgan fingerprint density at radius 3 is 2.67 bits per heavy atom. The van der Waals surface area contributed by atoms with Crippen molar-refractivity contribution in [3.05, 3.63) is 64.5 Å². The topological polar surface area (TPSA) is 85.4 Å². The third-order valence-corrected chi connectivity index (χ3v) is 4.01. The molecule has 0 atom stereocenters. The number of hydrogen-bond donors (Lipinski definition) is 1. The van der Waals surface area contributed by atoms with E-state index in [1.807, 2.05) is 18.2 Å². The summed E-state index contributed by atoms with van der Waals surface area (Å²) in [6.07, 6.45) is 0. The van der Waals surface area contributed by atoms with E-state index in [2.05, 4.69) is 10.3 Å². The fourth-order valence-corrected chi connectivity index (χ4v) is 2.64. The maximum Gasteiger partial charge on any atom is 0.357 e. The molecule has 2 amide bonds. The van der Waals surface area contributed by atoms with Gasteiger partial charge in [-0.2, -0.15) is 0 Å². The van der Waals surface area contributed by atoms with Crippen molar-refractivity contribution in [2.75, 3.05) is 6.61 Å². The van der Waals surface area contributed by atoms with Crippen LogP contribution in [0.25, 0.3) is 10.9 Å². The molecule has 0 spiro atoms. The Morgan fingerprint density at radius 2 is 1.88 bits per heavy atom. The minimum absolute atomic E-state index is 0.103. The number of aromatic nitrogens is 1. The Kier molecular flexibility index (Phi) is 4.62. The van der Waals surface area contributed by atoms with Gasteiger partial charge in [-0.25, -0.2) is 9.78 Å². The molecule has 3 aromatic rings. The van der Waals surface area contributed by atoms with Gasteiger partial charge in [-0.15, -0.1) is 11.3 Å². The highest BCUT2D eigenvalue weighted by Crippen LogP contribution is 2.12. The highest BCUT2D eigenvalue weighted by molar-refractivity contribution is 7.12. The number of imide groups is 1. The largest absolute Gasteiger partial charge is 0.451 e. The zero-order valence-corrected chi connectivity index (χ0v) is 13.2. The molecule has 0 unspecified atom stereocenters. The van der Waals surface area contributed by atoms with Gasteiger partial charge in [0.2, 0.25) is 0 Å². The SMILES string of the molecule is O=C(COC(=O)c1ccc2ccccc2n1)NC(=O)c1cccs1. The molecule has 3 rings (SSSR count). The van der Waals surface area contributed by atoms with Crippen molar-refractivity contribution >= 4 is 40.0 Å². The first-order valence-corrected chi connectivity index (χ1v) is 7.92. The third kappa shape index (κ3) is 3.64. The number of esters is 1. The second-order valence-corrected chi connectivity index (χ2v) is 5.77. The zero-order chi connectivity index (χ0) is 16.9. The van der Waals surface area contributed by atoms with E-state index in [-0.39, 0.29) is 5.69 Å². The number of carbonyl (C=O) groups excluding carboxylic acids is 3. The number of amides is 2. The summed E-state index contributed by atoms with van der Waals surface area (Å²) >= 11 is 1.21. The number of benzene rings is 1. The van der Waals surface area contributed by atoms with Crippen molar-refractivity contribution in [2.24, 2.45) is 0 Å². The van der Waals surface area contributed by atoms with Gasteiger partial charge in [-0.1, -0.05) is 30.3 Å². The van der Waals surface area contributed by atoms with Gasteiger partial charge in [0.25, 0.3) is 11.8 Å². The standard InChI is InChI=1S/C17H12N2O4S/c20-15(19-16(21)14-6-3-9-24-14)10-23-17(22)13-8-7-11-4-1-2-5-12(11)18-13/h1-9H,10H2,(H,19,20,21). The number of rotatable bonds is 4. The number of nitrogens with zero attached hydrogens (tertiary/aromatic N) is 1. The van der Waals surface area contributed by atoms with Crippen LogP contribution in [0.4, 0.5) is 0 Å². The van der Waals surface area contributed by atoms with E-state index in [0.717, 1.165) is 5.39 Å². The van der Waals surface area contributed by atoms with Gasteiger partial charge in [0.1, 0.15) is 5.69 Å². The number of fused-ring (bicyclic) bond motifs is 1. The fraction of sp³-hybridized carbons (Fsp3) is 0.0588. The minimum Gasteiger partial charge on any atom is -0.451 e. The van der Waals surface area contributed by atoms with Gasteiger partial charge in [-0.3, -0.25) is 14.9 Å². The lowest BCUT2D eigenvalue weighted by molar-refractivity contribution is -0.123. The molecule has 2 aromatic heterocycles. The molecule has 0 aliphatic heterocycles. The van der Waals surface area contributed by atoms with Crippen LogP contribution < -0.4 is 5.32 Å². The van der Waals surface area contributed by atoms with E-state index in [1.54, 1.807) is 29.6 Å². The molecular formula is C17H12N2O4S. The summed E-state index contributed by atoms with van der Waals surface area (Å²) in [5, 5.41) is 4.78. The van der Waals surface area contributed by atoms with Crippen molar-refractivity contribution in [3.8, 4) is 0 Å². The summed E-state index contributed by atoms with van der Waals surface area (Å²) in [4.78, 5) is 39.9. The van der Waals surface area contributed by atoms with E-state index in [1.165, 1.54) is 17.4 Å². The molecule has 0 aliphatic rings. The first-order chi connectivity index (χ1) is 11.6. The summed E-state index contributed by atoms with van der Waals surface area (Å²) in [5.74, 6) is -1.93. The van der Waals surface area contributed by atoms with Crippen molar-refractivity contribution in [3.63, 3.8) is 0 Å². The maximum absolute atomic E-state index is 12.0. The monoisotopic (exact) mass is 340 g/mol. The number of hydrogen-bond acceptors (Lipinski definition) is 6. The summed E-state index contributed by atoms with van der Waals surface area (Å²) < 4.78 is 4.89. The number of thiophene rings is 1. The molecule has 2 heterocycles. The molecule has 24 heavy (non-hydrogen) atoms. The van der Waals surface area contributed by atoms with Crippen molar-refractivity contribution in [2.45, 2.75) is 0 Å². The van der Waals surface area contributed by atoms with E-state index in [0.29, 0.717) is 10.4 Å². The van der Waals surface area contributed by atoms with Gasteiger partial charge in [0.15, 0.2) is 6.61 Å². The van der Waals surface area contributed by atoms with Crippen LogP contribution in [0, 0.1) is 0 Å². The lowest BCUT2D eigenvalue weighted by atomic mass is 10.2. The highest BCUT2D eigenvalue weighted by atomic mass is 32.1. The van der Waals surface area contributed by atoms with Crippen LogP contribution in [0.5, 0.6) is 0 Å². The molecule has 0 radical (unpaired) electrons. The quantitative estimate of drug-likeness (QED) is 0.737. The Bertz CT molecular complexity index is 906. The van der Waals surface area contributed by atoms with Crippen molar-refractivity contribution in [1.29, 1.82) is 0 Å². The second-order valence-electron chi connectivity index (χ2n) is 4.82. The summed E-state index contributed by atoms with van der Waals surface area (Å²) in [6, 6.07) is 13.9. The van der Waals surface area contributed by atoms with E-state index in [4.69, 9.17) is 4.74 Å². The van der Waals surface area contributed by atoms with Gasteiger partial charge in [0, 0.05) is 5.39 Å². The van der Waals surface area contributed by atoms with E-state index >= 15 is 0 Å². The zero-order valence-electron chi connectivity index (χ0n) is 12.4. The summed E-state index contributed by atoms with van der Waals surface area (Å²) in [5.41, 5.74) is 0.760. The Hall–Kier alpha value is -3.06. The number of para-hydroxylation sites is 1. The normalized spacial score (nSPS) is 10.3. The smallest absolute Gasteiger partial charge is 0.357 e. The van der Waals surface area contributed by atoms with Gasteiger partial charge in [-0.05, 0) is 23.6 Å². The van der Waals surface area contributed by atoms with Crippen LogP contribution in [0.2, 0.25) is 0 Å². The lowest BCUT2D eigenvalue weighted by Gasteiger charge is -2.05. The minimum atomic E-state index is -0.723. The number of carbonyl (C=O) groups is 3. The molecule has 1 aromatic carbocycles. The van der Waals surface area contributed by atoms with Gasteiger partial charge in [0.05, 0.1) is 10.4 Å². The number of ether oxygens (including phenoxy) is 1. The maximum atomic E-state index is 12.0. The average Bonchev–Trinajstić information content (AvgIpc) is 3.14. The van der Waals surface area contributed by atoms with Crippen LogP contribution in [0.15, 0.2) is 53.9 Å². The molecule has 0 saturated carbocycles. The highest BCUT2D eigenvalue weighted by Gasteiger charge is 2.15. The van der Waals surface area contributed by atoms with E-state index < -0.39 is 24.4 Å². The average molecular weight is 340 g/mol. The Labute approximate surface area is 141 Å². The molecule has 0 saturated heterocycles. The first-order valence-electron chi connectivity index (χ1n) is 7.04. The first kappa shape index (κ1) is 15.8. The Morgan fingerprint density at radius 1 is 1.04 bits per heavy atom. The molecule has 1 N–H and O–H groups in total. The van der Waals surface area contributed by atoms with Crippen LogP contribution >= 0.6 is 11.3 Å². The molecule has 7 heteroatoms. The van der Waals surface area contributed by atoms with Gasteiger partial charge < -0.3 is 4.74 Å². The molecule has 120 valence electrons. The molecule has 6 nitrogen and oxygen atoms in total. The van der Waals surface area contributed by atoms with Crippen LogP contribution in [-0.4, -0.2) is 29.4 Å². The molecule has 0 fully saturated rings. The molecular weight excluding hydrogens is 328 g/mol. The van der Waals surface area contributed by atoms with Crippen molar-refractivity contribution in [1.82, 2.24) is 10.3 Å².